The molecule has 1 saturated carbocycles. The van der Waals surface area contributed by atoms with Gasteiger partial charge in [0.2, 0.25) is 5.91 Å². The zero-order chi connectivity index (χ0) is 10.6. The highest BCUT2D eigenvalue weighted by Crippen LogP contribution is 2.43. The van der Waals surface area contributed by atoms with Crippen molar-refractivity contribution in [1.82, 2.24) is 4.90 Å². The van der Waals surface area contributed by atoms with Gasteiger partial charge in [-0.05, 0) is 18.3 Å². The van der Waals surface area contributed by atoms with Gasteiger partial charge in [0, 0.05) is 20.0 Å². The average molecular weight is 197 g/mol. The molecule has 0 aromatic heterocycles. The monoisotopic (exact) mass is 197 g/mol. The van der Waals surface area contributed by atoms with Crippen LogP contribution >= 0.6 is 0 Å². The molecule has 2 heteroatoms. The zero-order valence-corrected chi connectivity index (χ0v) is 9.81. The van der Waals surface area contributed by atoms with Crippen molar-refractivity contribution in [2.45, 2.75) is 52.4 Å². The summed E-state index contributed by atoms with van der Waals surface area (Å²) in [5.74, 6) is 0.358. The number of likely N-dealkylation sites (tertiary alicyclic amines) is 1. The van der Waals surface area contributed by atoms with E-state index in [1.165, 1.54) is 32.1 Å². The highest BCUT2D eigenvalue weighted by molar-refractivity contribution is 5.79. The minimum absolute atomic E-state index is 0.358. The van der Waals surface area contributed by atoms with E-state index in [1.54, 1.807) is 0 Å². The first-order chi connectivity index (χ1) is 6.72. The van der Waals surface area contributed by atoms with Gasteiger partial charge in [-0.15, -0.1) is 0 Å². The normalized spacial score (nSPS) is 24.8. The molecular formula is C12H23NO. The molecule has 1 aliphatic heterocycles. The smallest absolute Gasteiger partial charge is 0.222 e. The first-order valence-electron chi connectivity index (χ1n) is 5.96. The highest BCUT2D eigenvalue weighted by Gasteiger charge is 2.41. The van der Waals surface area contributed by atoms with E-state index in [0.717, 1.165) is 13.0 Å². The number of amides is 1. The van der Waals surface area contributed by atoms with Crippen molar-refractivity contribution in [2.24, 2.45) is 5.41 Å². The molecule has 1 amide bonds. The van der Waals surface area contributed by atoms with Gasteiger partial charge in [0.05, 0.1) is 0 Å². The predicted octanol–water partition coefficient (Wildman–Crippen LogP) is 2.83. The van der Waals surface area contributed by atoms with Gasteiger partial charge < -0.3 is 4.90 Å². The fourth-order valence-electron chi connectivity index (χ4n) is 2.74. The SMILES string of the molecule is CC.CN1CC2(CCCCC2)CC1=O. The molecule has 82 valence electrons. The molecule has 1 spiro atoms. The maximum Gasteiger partial charge on any atom is 0.222 e. The Kier molecular flexibility index (Phi) is 3.97. The molecule has 2 aliphatic rings. The Hall–Kier alpha value is -0.530. The Labute approximate surface area is 87.7 Å². The quantitative estimate of drug-likeness (QED) is 0.585. The summed E-state index contributed by atoms with van der Waals surface area (Å²) in [6.07, 6.45) is 7.43. The van der Waals surface area contributed by atoms with E-state index in [4.69, 9.17) is 0 Å². The van der Waals surface area contributed by atoms with Crippen LogP contribution in [-0.4, -0.2) is 24.4 Å². The van der Waals surface area contributed by atoms with Crippen molar-refractivity contribution in [2.75, 3.05) is 13.6 Å². The zero-order valence-electron chi connectivity index (χ0n) is 9.81. The molecule has 0 atom stereocenters. The van der Waals surface area contributed by atoms with Gasteiger partial charge in [-0.25, -0.2) is 0 Å². The minimum Gasteiger partial charge on any atom is -0.345 e. The van der Waals surface area contributed by atoms with Crippen LogP contribution in [-0.2, 0) is 4.79 Å². The van der Waals surface area contributed by atoms with Crippen molar-refractivity contribution in [3.63, 3.8) is 0 Å². The van der Waals surface area contributed by atoms with Crippen molar-refractivity contribution in [3.8, 4) is 0 Å². The molecule has 0 aromatic rings. The van der Waals surface area contributed by atoms with Crippen LogP contribution in [0.4, 0.5) is 0 Å². The number of carbonyl (C=O) groups is 1. The van der Waals surface area contributed by atoms with Crippen molar-refractivity contribution in [3.05, 3.63) is 0 Å². The van der Waals surface area contributed by atoms with Gasteiger partial charge >= 0.3 is 0 Å². The molecule has 0 aromatic carbocycles. The van der Waals surface area contributed by atoms with E-state index in [0.29, 0.717) is 11.3 Å². The summed E-state index contributed by atoms with van der Waals surface area (Å²) in [4.78, 5) is 13.3. The van der Waals surface area contributed by atoms with Crippen LogP contribution in [0.15, 0.2) is 0 Å². The van der Waals surface area contributed by atoms with Crippen molar-refractivity contribution in [1.29, 1.82) is 0 Å². The first kappa shape index (κ1) is 11.5. The summed E-state index contributed by atoms with van der Waals surface area (Å²) in [7, 11) is 1.94. The molecule has 0 bridgehead atoms. The third-order valence-electron chi connectivity index (χ3n) is 3.44. The summed E-state index contributed by atoms with van der Waals surface area (Å²) in [5, 5.41) is 0. The van der Waals surface area contributed by atoms with Crippen LogP contribution < -0.4 is 0 Å². The minimum atomic E-state index is 0.358. The fraction of sp³-hybridized carbons (Fsp3) is 0.917. The van der Waals surface area contributed by atoms with Crippen molar-refractivity contribution >= 4 is 5.91 Å². The van der Waals surface area contributed by atoms with E-state index >= 15 is 0 Å². The number of hydrogen-bond acceptors (Lipinski definition) is 1. The lowest BCUT2D eigenvalue weighted by Crippen LogP contribution is -2.27. The lowest BCUT2D eigenvalue weighted by molar-refractivity contribution is -0.126. The summed E-state index contributed by atoms with van der Waals surface area (Å²) >= 11 is 0. The van der Waals surface area contributed by atoms with Crippen molar-refractivity contribution < 1.29 is 4.79 Å². The Bertz CT molecular complexity index is 194. The van der Waals surface area contributed by atoms with Gasteiger partial charge in [-0.3, -0.25) is 4.79 Å². The van der Waals surface area contributed by atoms with E-state index in [-0.39, 0.29) is 0 Å². The standard InChI is InChI=1S/C10H17NO.C2H6/c1-11-8-10(7-9(11)12)5-3-2-4-6-10;1-2/h2-8H2,1H3;1-2H3. The molecule has 1 heterocycles. The van der Waals surface area contributed by atoms with Crippen LogP contribution in [0, 0.1) is 5.41 Å². The molecular weight excluding hydrogens is 174 g/mol. The molecule has 1 saturated heterocycles. The van der Waals surface area contributed by atoms with Gasteiger partial charge in [0.15, 0.2) is 0 Å². The summed E-state index contributed by atoms with van der Waals surface area (Å²) in [5.41, 5.74) is 0.393. The van der Waals surface area contributed by atoms with Gasteiger partial charge in [0.25, 0.3) is 0 Å². The first-order valence-corrected chi connectivity index (χ1v) is 5.96. The molecule has 14 heavy (non-hydrogen) atoms. The summed E-state index contributed by atoms with van der Waals surface area (Å²) < 4.78 is 0. The second-order valence-electron chi connectivity index (χ2n) is 4.49. The highest BCUT2D eigenvalue weighted by atomic mass is 16.2. The lowest BCUT2D eigenvalue weighted by atomic mass is 9.73. The van der Waals surface area contributed by atoms with E-state index in [2.05, 4.69) is 0 Å². The Morgan fingerprint density at radius 1 is 1.14 bits per heavy atom. The third kappa shape index (κ3) is 2.28. The topological polar surface area (TPSA) is 20.3 Å². The maximum absolute atomic E-state index is 11.4. The van der Waals surface area contributed by atoms with Gasteiger partial charge in [-0.2, -0.15) is 0 Å². The summed E-state index contributed by atoms with van der Waals surface area (Å²) in [6.45, 7) is 5.02. The second kappa shape index (κ2) is 4.81. The summed E-state index contributed by atoms with van der Waals surface area (Å²) in [6, 6.07) is 0. The van der Waals surface area contributed by atoms with E-state index < -0.39 is 0 Å². The Morgan fingerprint density at radius 3 is 2.14 bits per heavy atom. The molecule has 0 N–H and O–H groups in total. The second-order valence-corrected chi connectivity index (χ2v) is 4.49. The molecule has 2 nitrogen and oxygen atoms in total. The largest absolute Gasteiger partial charge is 0.345 e. The molecule has 0 unspecified atom stereocenters. The fourth-order valence-corrected chi connectivity index (χ4v) is 2.74. The Balaban J connectivity index is 0.000000461. The maximum atomic E-state index is 11.4. The van der Waals surface area contributed by atoms with E-state index in [1.807, 2.05) is 25.8 Å². The number of carbonyl (C=O) groups excluding carboxylic acids is 1. The van der Waals surface area contributed by atoms with Crippen LogP contribution in [0.25, 0.3) is 0 Å². The average Bonchev–Trinajstić information content (AvgIpc) is 2.46. The molecule has 2 fully saturated rings. The Morgan fingerprint density at radius 2 is 1.71 bits per heavy atom. The lowest BCUT2D eigenvalue weighted by Gasteiger charge is -2.31. The molecule has 0 radical (unpaired) electrons. The number of rotatable bonds is 0. The van der Waals surface area contributed by atoms with Gasteiger partial charge in [0.1, 0.15) is 0 Å². The van der Waals surface area contributed by atoms with Crippen LogP contribution in [0.1, 0.15) is 52.4 Å². The molecule has 1 aliphatic carbocycles. The molecule has 2 rings (SSSR count). The van der Waals surface area contributed by atoms with Crippen LogP contribution in [0.3, 0.4) is 0 Å². The number of hydrogen-bond donors (Lipinski definition) is 0. The predicted molar refractivity (Wildman–Crippen MR) is 59.1 cm³/mol. The van der Waals surface area contributed by atoms with Crippen LogP contribution in [0.2, 0.25) is 0 Å². The van der Waals surface area contributed by atoms with Crippen LogP contribution in [0.5, 0.6) is 0 Å². The number of nitrogens with zero attached hydrogens (tertiary/aromatic N) is 1. The third-order valence-corrected chi connectivity index (χ3v) is 3.44. The van der Waals surface area contributed by atoms with Gasteiger partial charge in [-0.1, -0.05) is 33.1 Å². The van der Waals surface area contributed by atoms with E-state index in [9.17, 15) is 4.79 Å².